The summed E-state index contributed by atoms with van der Waals surface area (Å²) in [6, 6.07) is 8.07. The van der Waals surface area contributed by atoms with Crippen LogP contribution in [-0.4, -0.2) is 18.6 Å². The highest BCUT2D eigenvalue weighted by molar-refractivity contribution is 5.85. The third kappa shape index (κ3) is 2.43. The zero-order valence-corrected chi connectivity index (χ0v) is 10.6. The summed E-state index contributed by atoms with van der Waals surface area (Å²) in [5.41, 5.74) is 1.58. The van der Waals surface area contributed by atoms with Crippen molar-refractivity contribution in [3.8, 4) is 0 Å². The van der Waals surface area contributed by atoms with Gasteiger partial charge in [-0.05, 0) is 44.7 Å². The summed E-state index contributed by atoms with van der Waals surface area (Å²) in [6.07, 6.45) is 2.18. The number of hydrogen-bond acceptors (Lipinski definition) is 3. The summed E-state index contributed by atoms with van der Waals surface area (Å²) in [4.78, 5) is 11.9. The fraction of sp³-hybridized carbons (Fsp3) is 0.500. The van der Waals surface area contributed by atoms with Crippen LogP contribution < -0.4 is 5.32 Å². The van der Waals surface area contributed by atoms with Gasteiger partial charge in [-0.25, -0.2) is 4.79 Å². The van der Waals surface area contributed by atoms with Crippen molar-refractivity contribution in [2.45, 2.75) is 32.2 Å². The fourth-order valence-corrected chi connectivity index (χ4v) is 2.13. The molecule has 1 saturated carbocycles. The van der Waals surface area contributed by atoms with Crippen LogP contribution in [0.5, 0.6) is 0 Å². The molecule has 2 rings (SSSR count). The second-order valence-corrected chi connectivity index (χ2v) is 4.96. The van der Waals surface area contributed by atoms with Crippen LogP contribution in [0.25, 0.3) is 0 Å². The molecule has 92 valence electrons. The maximum atomic E-state index is 11.9. The van der Waals surface area contributed by atoms with E-state index in [1.165, 1.54) is 12.7 Å². The summed E-state index contributed by atoms with van der Waals surface area (Å²) >= 11 is 0. The second-order valence-electron chi connectivity index (χ2n) is 4.96. The number of methoxy groups -OCH3 is 1. The number of benzene rings is 1. The van der Waals surface area contributed by atoms with Crippen molar-refractivity contribution in [2.75, 3.05) is 12.4 Å². The molecule has 0 saturated heterocycles. The third-order valence-electron chi connectivity index (χ3n) is 3.46. The van der Waals surface area contributed by atoms with E-state index in [0.717, 1.165) is 18.5 Å². The van der Waals surface area contributed by atoms with Crippen LogP contribution in [0.2, 0.25) is 0 Å². The summed E-state index contributed by atoms with van der Waals surface area (Å²) in [5.74, 6) is 0.205. The Labute approximate surface area is 102 Å². The first-order valence-electron chi connectivity index (χ1n) is 5.99. The molecule has 1 unspecified atom stereocenters. The summed E-state index contributed by atoms with van der Waals surface area (Å²) in [7, 11) is 1.44. The Kier molecular flexibility index (Phi) is 3.09. The molecule has 1 atom stereocenters. The number of carbonyl (C=O) groups is 1. The van der Waals surface area contributed by atoms with E-state index in [4.69, 9.17) is 4.74 Å². The molecule has 1 N–H and O–H groups in total. The number of nitrogens with one attached hydrogen (secondary N) is 1. The quantitative estimate of drug-likeness (QED) is 0.813. The molecule has 0 heterocycles. The van der Waals surface area contributed by atoms with Gasteiger partial charge in [0.2, 0.25) is 0 Å². The number of ether oxygens (including phenoxy) is 1. The highest BCUT2D eigenvalue weighted by Gasteiger charge is 2.48. The minimum Gasteiger partial charge on any atom is -0.467 e. The van der Waals surface area contributed by atoms with Crippen molar-refractivity contribution >= 4 is 11.7 Å². The zero-order valence-electron chi connectivity index (χ0n) is 10.6. The standard InChI is InChI=1S/C14H19NO2/c1-10-4-8-12(9-5-10)15-14(2,11-6-7-11)13(16)17-3/h4-5,8-9,11,15H,6-7H2,1-3H3. The predicted molar refractivity (Wildman–Crippen MR) is 67.9 cm³/mol. The Balaban J connectivity index is 2.18. The molecule has 0 radical (unpaired) electrons. The summed E-state index contributed by atoms with van der Waals surface area (Å²) in [6.45, 7) is 3.97. The van der Waals surface area contributed by atoms with Crippen molar-refractivity contribution in [3.63, 3.8) is 0 Å². The largest absolute Gasteiger partial charge is 0.467 e. The second kappa shape index (κ2) is 4.40. The van der Waals surface area contributed by atoms with Gasteiger partial charge < -0.3 is 10.1 Å². The molecule has 1 aromatic rings. The van der Waals surface area contributed by atoms with E-state index in [9.17, 15) is 4.79 Å². The van der Waals surface area contributed by atoms with E-state index in [2.05, 4.69) is 5.32 Å². The van der Waals surface area contributed by atoms with Crippen LogP contribution in [-0.2, 0) is 9.53 Å². The first-order chi connectivity index (χ1) is 8.06. The van der Waals surface area contributed by atoms with Crippen molar-refractivity contribution in [3.05, 3.63) is 29.8 Å². The van der Waals surface area contributed by atoms with Gasteiger partial charge in [0.25, 0.3) is 0 Å². The molecule has 3 heteroatoms. The molecular weight excluding hydrogens is 214 g/mol. The molecule has 17 heavy (non-hydrogen) atoms. The van der Waals surface area contributed by atoms with E-state index in [1.807, 2.05) is 38.1 Å². The molecule has 0 spiro atoms. The van der Waals surface area contributed by atoms with Crippen LogP contribution >= 0.6 is 0 Å². The summed E-state index contributed by atoms with van der Waals surface area (Å²) < 4.78 is 4.91. The topological polar surface area (TPSA) is 38.3 Å². The van der Waals surface area contributed by atoms with E-state index in [1.54, 1.807) is 0 Å². The van der Waals surface area contributed by atoms with E-state index >= 15 is 0 Å². The Morgan fingerprint density at radius 2 is 1.94 bits per heavy atom. The summed E-state index contributed by atoms with van der Waals surface area (Å²) in [5, 5.41) is 3.32. The molecule has 3 nitrogen and oxygen atoms in total. The number of esters is 1. The maximum absolute atomic E-state index is 11.9. The van der Waals surface area contributed by atoms with Crippen molar-refractivity contribution in [1.29, 1.82) is 0 Å². The zero-order chi connectivity index (χ0) is 12.5. The minimum atomic E-state index is -0.593. The number of aryl methyl sites for hydroxylation is 1. The fourth-order valence-electron chi connectivity index (χ4n) is 2.13. The van der Waals surface area contributed by atoms with Crippen molar-refractivity contribution in [1.82, 2.24) is 0 Å². The first-order valence-corrected chi connectivity index (χ1v) is 5.99. The van der Waals surface area contributed by atoms with Gasteiger partial charge in [0, 0.05) is 5.69 Å². The van der Waals surface area contributed by atoms with Gasteiger partial charge in [-0.2, -0.15) is 0 Å². The van der Waals surface area contributed by atoms with Gasteiger partial charge in [-0.1, -0.05) is 17.7 Å². The Bertz CT molecular complexity index is 409. The van der Waals surface area contributed by atoms with Gasteiger partial charge in [0.15, 0.2) is 0 Å². The third-order valence-corrected chi connectivity index (χ3v) is 3.46. The average Bonchev–Trinajstić information content (AvgIpc) is 3.15. The number of hydrogen-bond donors (Lipinski definition) is 1. The molecule has 1 aromatic carbocycles. The number of anilines is 1. The van der Waals surface area contributed by atoms with Gasteiger partial charge >= 0.3 is 5.97 Å². The lowest BCUT2D eigenvalue weighted by molar-refractivity contribution is -0.146. The van der Waals surface area contributed by atoms with Gasteiger partial charge in [0.1, 0.15) is 5.54 Å². The van der Waals surface area contributed by atoms with E-state index < -0.39 is 5.54 Å². The lowest BCUT2D eigenvalue weighted by Gasteiger charge is -2.29. The average molecular weight is 233 g/mol. The smallest absolute Gasteiger partial charge is 0.331 e. The van der Waals surface area contributed by atoms with Crippen LogP contribution in [0.1, 0.15) is 25.3 Å². The lowest BCUT2D eigenvalue weighted by atomic mass is 9.95. The van der Waals surface area contributed by atoms with Crippen LogP contribution in [0, 0.1) is 12.8 Å². The van der Waals surface area contributed by atoms with Gasteiger partial charge in [-0.15, -0.1) is 0 Å². The maximum Gasteiger partial charge on any atom is 0.331 e. The van der Waals surface area contributed by atoms with Gasteiger partial charge in [-0.3, -0.25) is 0 Å². The highest BCUT2D eigenvalue weighted by atomic mass is 16.5. The number of carbonyl (C=O) groups excluding carboxylic acids is 1. The first kappa shape index (κ1) is 12.0. The Morgan fingerprint density at radius 3 is 2.41 bits per heavy atom. The predicted octanol–water partition coefficient (Wildman–Crippen LogP) is 2.75. The molecular formula is C14H19NO2. The molecule has 1 aliphatic carbocycles. The molecule has 0 amide bonds. The lowest BCUT2D eigenvalue weighted by Crippen LogP contribution is -2.46. The molecule has 0 aliphatic heterocycles. The molecule has 1 aliphatic rings. The van der Waals surface area contributed by atoms with E-state index in [0.29, 0.717) is 5.92 Å². The Hall–Kier alpha value is -1.51. The van der Waals surface area contributed by atoms with E-state index in [-0.39, 0.29) is 5.97 Å². The van der Waals surface area contributed by atoms with Crippen LogP contribution in [0.15, 0.2) is 24.3 Å². The van der Waals surface area contributed by atoms with Crippen molar-refractivity contribution in [2.24, 2.45) is 5.92 Å². The monoisotopic (exact) mass is 233 g/mol. The van der Waals surface area contributed by atoms with Crippen LogP contribution in [0.4, 0.5) is 5.69 Å². The normalized spacial score (nSPS) is 18.3. The SMILES string of the molecule is COC(=O)C(C)(Nc1ccc(C)cc1)C1CC1. The highest BCUT2D eigenvalue weighted by Crippen LogP contribution is 2.42. The molecule has 0 bridgehead atoms. The number of rotatable bonds is 4. The van der Waals surface area contributed by atoms with Gasteiger partial charge in [0.05, 0.1) is 7.11 Å². The molecule has 1 fully saturated rings. The van der Waals surface area contributed by atoms with Crippen LogP contribution in [0.3, 0.4) is 0 Å². The minimum absolute atomic E-state index is 0.180. The molecule has 0 aromatic heterocycles. The van der Waals surface area contributed by atoms with Crippen molar-refractivity contribution < 1.29 is 9.53 Å². The Morgan fingerprint density at radius 1 is 1.35 bits per heavy atom.